The molecule has 0 amide bonds. The Labute approximate surface area is 244 Å². The lowest BCUT2D eigenvalue weighted by molar-refractivity contribution is -0.118. The molecule has 11 heteroatoms. The molecule has 2 aliphatic rings. The van der Waals surface area contributed by atoms with Crippen LogP contribution in [0.25, 0.3) is 0 Å². The van der Waals surface area contributed by atoms with E-state index in [9.17, 15) is 4.79 Å². The molecule has 200 valence electrons. The van der Waals surface area contributed by atoms with Crippen molar-refractivity contribution < 1.29 is 14.3 Å². The number of halogens is 3. The quantitative estimate of drug-likeness (QED) is 0.266. The fourth-order valence-electron chi connectivity index (χ4n) is 4.91. The maximum Gasteiger partial charge on any atom is 0.227 e. The number of ketones is 1. The molecule has 3 aromatic rings. The smallest absolute Gasteiger partial charge is 0.227 e. The van der Waals surface area contributed by atoms with E-state index in [1.54, 1.807) is 31.0 Å². The summed E-state index contributed by atoms with van der Waals surface area (Å²) in [5, 5.41) is 9.93. The highest BCUT2D eigenvalue weighted by Crippen LogP contribution is 2.48. The van der Waals surface area contributed by atoms with Crippen LogP contribution in [0, 0.1) is 5.41 Å². The molecule has 1 aliphatic carbocycles. The Balaban J connectivity index is 1.57. The molecular formula is C27H27BrCl2N4O3S. The van der Waals surface area contributed by atoms with Crippen molar-refractivity contribution in [3.63, 3.8) is 0 Å². The summed E-state index contributed by atoms with van der Waals surface area (Å²) in [5.41, 5.74) is 3.11. The first-order valence-corrected chi connectivity index (χ1v) is 14.7. The Hall–Kier alpha value is -2.20. The van der Waals surface area contributed by atoms with Crippen LogP contribution < -0.4 is 14.8 Å². The summed E-state index contributed by atoms with van der Waals surface area (Å²) < 4.78 is 14.4. The Morgan fingerprint density at radius 3 is 2.74 bits per heavy atom. The minimum atomic E-state index is -0.450. The number of nitrogens with one attached hydrogen (secondary N) is 1. The van der Waals surface area contributed by atoms with Gasteiger partial charge in [0.2, 0.25) is 11.1 Å². The van der Waals surface area contributed by atoms with Gasteiger partial charge in [0.05, 0.1) is 11.6 Å². The molecule has 38 heavy (non-hydrogen) atoms. The molecule has 0 saturated heterocycles. The van der Waals surface area contributed by atoms with Crippen LogP contribution in [0.4, 0.5) is 5.95 Å². The van der Waals surface area contributed by atoms with E-state index in [2.05, 4.69) is 42.0 Å². The van der Waals surface area contributed by atoms with Crippen molar-refractivity contribution >= 4 is 62.6 Å². The van der Waals surface area contributed by atoms with Crippen molar-refractivity contribution in [1.29, 1.82) is 0 Å². The van der Waals surface area contributed by atoms with Crippen molar-refractivity contribution in [3.05, 3.63) is 67.2 Å². The SMILES string of the molecule is CCSc1nc2n(n1)C(c1cc(Br)c(OCc3ccc(Cl)cc3Cl)c(OC)c1)C1=C(CC(C)(C)CC1=O)N2. The van der Waals surface area contributed by atoms with Crippen LogP contribution in [0.3, 0.4) is 0 Å². The van der Waals surface area contributed by atoms with E-state index in [0.29, 0.717) is 49.1 Å². The second-order valence-electron chi connectivity index (χ2n) is 10.0. The lowest BCUT2D eigenvalue weighted by Crippen LogP contribution is -2.36. The molecule has 7 nitrogen and oxygen atoms in total. The molecule has 1 aromatic heterocycles. The van der Waals surface area contributed by atoms with Crippen LogP contribution in [0.2, 0.25) is 10.0 Å². The summed E-state index contributed by atoms with van der Waals surface area (Å²) in [6.45, 7) is 6.51. The van der Waals surface area contributed by atoms with Gasteiger partial charge in [-0.2, -0.15) is 4.98 Å². The number of ether oxygens (including phenoxy) is 2. The molecule has 2 heterocycles. The highest BCUT2D eigenvalue weighted by atomic mass is 79.9. The van der Waals surface area contributed by atoms with Crippen molar-refractivity contribution in [3.8, 4) is 11.5 Å². The van der Waals surface area contributed by atoms with Crippen LogP contribution in [0.5, 0.6) is 11.5 Å². The number of rotatable bonds is 7. The van der Waals surface area contributed by atoms with Crippen molar-refractivity contribution in [1.82, 2.24) is 14.8 Å². The van der Waals surface area contributed by atoms with Gasteiger partial charge in [0.15, 0.2) is 17.3 Å². The fourth-order valence-corrected chi connectivity index (χ4v) is 6.51. The summed E-state index contributed by atoms with van der Waals surface area (Å²) in [4.78, 5) is 18.2. The molecule has 0 radical (unpaired) electrons. The van der Waals surface area contributed by atoms with E-state index in [-0.39, 0.29) is 17.8 Å². The summed E-state index contributed by atoms with van der Waals surface area (Å²) >= 11 is 17.6. The summed E-state index contributed by atoms with van der Waals surface area (Å²) in [6, 6.07) is 8.68. The number of hydrogen-bond acceptors (Lipinski definition) is 7. The maximum atomic E-state index is 13.5. The number of methoxy groups -OCH3 is 1. The van der Waals surface area contributed by atoms with Gasteiger partial charge in [-0.05, 0) is 63.3 Å². The Morgan fingerprint density at radius 1 is 1.24 bits per heavy atom. The maximum absolute atomic E-state index is 13.5. The first kappa shape index (κ1) is 27.4. The number of aromatic nitrogens is 3. The molecule has 1 aliphatic heterocycles. The van der Waals surface area contributed by atoms with Crippen molar-refractivity contribution in [2.24, 2.45) is 5.41 Å². The lowest BCUT2D eigenvalue weighted by Gasteiger charge is -2.38. The molecule has 1 unspecified atom stereocenters. The zero-order valence-electron chi connectivity index (χ0n) is 21.4. The van der Waals surface area contributed by atoms with Crippen LogP contribution in [0.1, 0.15) is 50.8 Å². The standard InChI is InChI=1S/C27H27BrCl2N4O3S/c1-5-38-26-32-25-31-19-11-27(2,3)12-20(35)22(19)23(34(25)33-26)15-8-17(28)24(21(9-15)36-4)37-13-14-6-7-16(29)10-18(14)30/h6-10,23H,5,11-13H2,1-4H3,(H,31,32,33). The molecule has 5 rings (SSSR count). The number of Topliss-reactive ketones (excluding diaryl/α,β-unsaturated/α-hetero) is 1. The average Bonchev–Trinajstić information content (AvgIpc) is 3.24. The molecule has 2 aromatic carbocycles. The normalized spacial score (nSPS) is 18.1. The number of carbonyl (C=O) groups is 1. The fraction of sp³-hybridized carbons (Fsp3) is 0.370. The minimum absolute atomic E-state index is 0.104. The summed E-state index contributed by atoms with van der Waals surface area (Å²) in [5.74, 6) is 2.63. The average molecular weight is 638 g/mol. The predicted molar refractivity (Wildman–Crippen MR) is 155 cm³/mol. The Morgan fingerprint density at radius 2 is 2.03 bits per heavy atom. The lowest BCUT2D eigenvalue weighted by atomic mass is 9.73. The van der Waals surface area contributed by atoms with Gasteiger partial charge in [0, 0.05) is 33.3 Å². The van der Waals surface area contributed by atoms with E-state index in [1.807, 2.05) is 22.9 Å². The molecular weight excluding hydrogens is 611 g/mol. The van der Waals surface area contributed by atoms with Crippen LogP contribution in [0.15, 0.2) is 51.2 Å². The van der Waals surface area contributed by atoms with Crippen LogP contribution >= 0.6 is 50.9 Å². The molecule has 0 saturated carbocycles. The third-order valence-corrected chi connectivity index (χ3v) is 8.44. The third kappa shape index (κ3) is 5.30. The van der Waals surface area contributed by atoms with Crippen molar-refractivity contribution in [2.75, 3.05) is 18.2 Å². The van der Waals surface area contributed by atoms with Crippen LogP contribution in [-0.4, -0.2) is 33.4 Å². The molecule has 1 atom stereocenters. The molecule has 0 spiro atoms. The first-order valence-electron chi connectivity index (χ1n) is 12.2. The van der Waals surface area contributed by atoms with Gasteiger partial charge in [-0.25, -0.2) is 4.68 Å². The topological polar surface area (TPSA) is 78.3 Å². The van der Waals surface area contributed by atoms with Gasteiger partial charge in [0.25, 0.3) is 0 Å². The van der Waals surface area contributed by atoms with E-state index in [1.165, 1.54) is 0 Å². The molecule has 0 fully saturated rings. The second-order valence-corrected chi connectivity index (χ2v) is 12.9. The number of carbonyl (C=O) groups excluding carboxylic acids is 1. The van der Waals surface area contributed by atoms with Gasteiger partial charge in [-0.3, -0.25) is 4.79 Å². The van der Waals surface area contributed by atoms with Gasteiger partial charge >= 0.3 is 0 Å². The molecule has 1 N–H and O–H groups in total. The summed E-state index contributed by atoms with van der Waals surface area (Å²) in [7, 11) is 1.59. The Kier molecular flexibility index (Phi) is 7.75. The zero-order chi connectivity index (χ0) is 27.2. The number of benzene rings is 2. The van der Waals surface area contributed by atoms with Crippen molar-refractivity contribution in [2.45, 2.75) is 51.4 Å². The van der Waals surface area contributed by atoms with E-state index in [4.69, 9.17) is 42.8 Å². The summed E-state index contributed by atoms with van der Waals surface area (Å²) in [6.07, 6.45) is 1.21. The number of fused-ring (bicyclic) bond motifs is 1. The zero-order valence-corrected chi connectivity index (χ0v) is 25.3. The number of hydrogen-bond donors (Lipinski definition) is 1. The monoisotopic (exact) mass is 636 g/mol. The highest BCUT2D eigenvalue weighted by Gasteiger charge is 2.42. The second kappa shape index (κ2) is 10.8. The van der Waals surface area contributed by atoms with E-state index < -0.39 is 6.04 Å². The number of nitrogens with zero attached hydrogens (tertiary/aromatic N) is 3. The van der Waals surface area contributed by atoms with Gasteiger partial charge in [0.1, 0.15) is 12.6 Å². The largest absolute Gasteiger partial charge is 0.493 e. The van der Waals surface area contributed by atoms with Crippen LogP contribution in [-0.2, 0) is 11.4 Å². The van der Waals surface area contributed by atoms with Gasteiger partial charge in [-0.15, -0.1) is 5.10 Å². The number of anilines is 1. The third-order valence-electron chi connectivity index (χ3n) is 6.54. The highest BCUT2D eigenvalue weighted by molar-refractivity contribution is 9.10. The molecule has 0 bridgehead atoms. The Bertz CT molecular complexity index is 1460. The van der Waals surface area contributed by atoms with E-state index in [0.717, 1.165) is 29.0 Å². The van der Waals surface area contributed by atoms with E-state index >= 15 is 0 Å². The predicted octanol–water partition coefficient (Wildman–Crippen LogP) is 7.71. The number of thioether (sulfide) groups is 1. The van der Waals surface area contributed by atoms with Gasteiger partial charge < -0.3 is 14.8 Å². The first-order chi connectivity index (χ1) is 18.1. The minimum Gasteiger partial charge on any atom is -0.493 e. The van der Waals surface area contributed by atoms with Gasteiger partial charge in [-0.1, -0.05) is 61.8 Å². The number of allylic oxidation sites excluding steroid dienone is 2.